The molecule has 0 aliphatic heterocycles. The quantitative estimate of drug-likeness (QED) is 0.456. The van der Waals surface area contributed by atoms with E-state index in [2.05, 4.69) is 0 Å². The van der Waals surface area contributed by atoms with Crippen molar-refractivity contribution in [1.82, 2.24) is 0 Å². The predicted octanol–water partition coefficient (Wildman–Crippen LogP) is 7.08. The van der Waals surface area contributed by atoms with Crippen LogP contribution in [-0.2, 0) is 11.2 Å². The number of aryl methyl sites for hydroxylation is 1. The van der Waals surface area contributed by atoms with Crippen molar-refractivity contribution in [2.24, 2.45) is 17.3 Å². The number of aliphatic hydroxyl groups is 1. The second-order valence-electron chi connectivity index (χ2n) is 11.1. The number of alkyl halides is 5. The molecule has 4 aliphatic rings. The van der Waals surface area contributed by atoms with Crippen LogP contribution < -0.4 is 0 Å². The number of hydrogen-bond acceptors (Lipinski definition) is 2. The Balaban J connectivity index is 1.68. The number of allylic oxidation sites excluding steroid dienone is 4. The van der Waals surface area contributed by atoms with E-state index in [1.165, 1.54) is 6.92 Å². The molecule has 1 N–H and O–H groups in total. The minimum Gasteiger partial charge on any atom is -0.383 e. The van der Waals surface area contributed by atoms with E-state index in [4.69, 9.17) is 0 Å². The average molecular weight is 495 g/mol. The van der Waals surface area contributed by atoms with E-state index in [1.807, 2.05) is 31.2 Å². The van der Waals surface area contributed by atoms with Gasteiger partial charge in [-0.25, -0.2) is 0 Å². The van der Waals surface area contributed by atoms with Crippen molar-refractivity contribution >= 4 is 5.78 Å². The van der Waals surface area contributed by atoms with Crippen LogP contribution >= 0.6 is 0 Å². The number of halogens is 5. The second kappa shape index (κ2) is 7.99. The van der Waals surface area contributed by atoms with Crippen LogP contribution in [0, 0.1) is 17.3 Å². The van der Waals surface area contributed by atoms with Crippen molar-refractivity contribution < 1.29 is 31.9 Å². The minimum absolute atomic E-state index is 0.0157. The van der Waals surface area contributed by atoms with Gasteiger partial charge in [0.05, 0.1) is 0 Å². The Morgan fingerprint density at radius 3 is 2.34 bits per heavy atom. The first kappa shape index (κ1) is 24.7. The van der Waals surface area contributed by atoms with Gasteiger partial charge in [-0.15, -0.1) is 0 Å². The summed E-state index contributed by atoms with van der Waals surface area (Å²) in [6.45, 7) is 3.48. The van der Waals surface area contributed by atoms with Gasteiger partial charge in [-0.1, -0.05) is 43.7 Å². The Bertz CT molecular complexity index is 1100. The van der Waals surface area contributed by atoms with E-state index in [9.17, 15) is 31.9 Å². The van der Waals surface area contributed by atoms with Gasteiger partial charge in [0.15, 0.2) is 5.78 Å². The van der Waals surface area contributed by atoms with Crippen LogP contribution in [0.5, 0.6) is 0 Å². The third-order valence-corrected chi connectivity index (χ3v) is 9.55. The summed E-state index contributed by atoms with van der Waals surface area (Å²) in [7, 11) is 0. The molecular formula is C28H31F5O2. The van der Waals surface area contributed by atoms with E-state index in [1.54, 1.807) is 6.08 Å². The van der Waals surface area contributed by atoms with E-state index < -0.39 is 35.5 Å². The Morgan fingerprint density at radius 1 is 1.03 bits per heavy atom. The monoisotopic (exact) mass is 494 g/mol. The fourth-order valence-corrected chi connectivity index (χ4v) is 7.70. The molecule has 5 rings (SSSR count). The molecule has 0 spiro atoms. The summed E-state index contributed by atoms with van der Waals surface area (Å²) >= 11 is 0. The van der Waals surface area contributed by atoms with Crippen LogP contribution in [0.4, 0.5) is 22.0 Å². The molecule has 0 bridgehead atoms. The summed E-state index contributed by atoms with van der Waals surface area (Å²) in [5.41, 5.74) is 0.375. The first-order chi connectivity index (χ1) is 16.3. The summed E-state index contributed by atoms with van der Waals surface area (Å²) in [5.74, 6) is -6.18. The van der Waals surface area contributed by atoms with E-state index in [0.29, 0.717) is 25.7 Å². The van der Waals surface area contributed by atoms with Gasteiger partial charge in [-0.3, -0.25) is 4.79 Å². The standard InChI is InChI=1S/C28H31F5O2/c1-3-16-4-6-17(7-5-16)22-15-25(2)23(12-13-26(25,35)27(29,30)28(31,32)33)21-10-8-18-14-19(34)9-11-20(18)24(21)22/h4-7,14,21-23,35H,3,8-13,15H2,1-2H3/t21?,22-,23?,25?,26?/m1/s1. The van der Waals surface area contributed by atoms with Crippen LogP contribution in [0.2, 0.25) is 0 Å². The maximum Gasteiger partial charge on any atom is 0.456 e. The highest BCUT2D eigenvalue weighted by atomic mass is 19.4. The molecule has 5 atom stereocenters. The maximum atomic E-state index is 15.0. The van der Waals surface area contributed by atoms with Crippen LogP contribution in [0.25, 0.3) is 0 Å². The highest BCUT2D eigenvalue weighted by Gasteiger charge is 2.79. The summed E-state index contributed by atoms with van der Waals surface area (Å²) in [5, 5.41) is 11.3. The highest BCUT2D eigenvalue weighted by molar-refractivity contribution is 5.93. The van der Waals surface area contributed by atoms with Crippen LogP contribution in [0.15, 0.2) is 47.1 Å². The lowest BCUT2D eigenvalue weighted by Crippen LogP contribution is -2.65. The molecule has 0 aromatic heterocycles. The van der Waals surface area contributed by atoms with Gasteiger partial charge in [-0.05, 0) is 85.1 Å². The van der Waals surface area contributed by atoms with Gasteiger partial charge in [0.25, 0.3) is 0 Å². The topological polar surface area (TPSA) is 37.3 Å². The summed E-state index contributed by atoms with van der Waals surface area (Å²) in [6, 6.07) is 7.83. The molecule has 0 saturated heterocycles. The molecule has 1 aromatic rings. The van der Waals surface area contributed by atoms with Gasteiger partial charge in [0, 0.05) is 17.8 Å². The molecule has 35 heavy (non-hydrogen) atoms. The Labute approximate surface area is 202 Å². The zero-order valence-corrected chi connectivity index (χ0v) is 20.0. The molecule has 7 heteroatoms. The number of rotatable bonds is 3. The van der Waals surface area contributed by atoms with Gasteiger partial charge in [0.2, 0.25) is 0 Å². The van der Waals surface area contributed by atoms with Crippen LogP contribution in [-0.4, -0.2) is 28.6 Å². The molecule has 0 amide bonds. The maximum absolute atomic E-state index is 15.0. The SMILES string of the molecule is CCc1ccc([C@H]2CC3(C)C(CCC3(O)C(F)(F)C(F)(F)F)C3CCC4=CC(=O)CCC4=C32)cc1. The molecule has 2 saturated carbocycles. The molecule has 2 nitrogen and oxygen atoms in total. The van der Waals surface area contributed by atoms with Gasteiger partial charge < -0.3 is 5.11 Å². The smallest absolute Gasteiger partial charge is 0.383 e. The number of benzene rings is 1. The van der Waals surface area contributed by atoms with Gasteiger partial charge in [-0.2, -0.15) is 22.0 Å². The predicted molar refractivity (Wildman–Crippen MR) is 122 cm³/mol. The number of carbonyl (C=O) groups is 1. The van der Waals surface area contributed by atoms with Crippen LogP contribution in [0.3, 0.4) is 0 Å². The highest BCUT2D eigenvalue weighted by Crippen LogP contribution is 2.70. The van der Waals surface area contributed by atoms with E-state index >= 15 is 0 Å². The zero-order chi connectivity index (χ0) is 25.4. The van der Waals surface area contributed by atoms with Crippen molar-refractivity contribution in [3.05, 3.63) is 58.2 Å². The average Bonchev–Trinajstić information content (AvgIpc) is 3.09. The molecular weight excluding hydrogens is 463 g/mol. The minimum atomic E-state index is -5.83. The number of fused-ring (bicyclic) bond motifs is 4. The molecule has 2 fully saturated rings. The number of hydrogen-bond donors (Lipinski definition) is 1. The molecule has 4 aliphatic carbocycles. The molecule has 4 unspecified atom stereocenters. The Kier molecular flexibility index (Phi) is 5.63. The fraction of sp³-hybridized carbons (Fsp3) is 0.607. The van der Waals surface area contributed by atoms with Gasteiger partial charge >= 0.3 is 12.1 Å². The van der Waals surface area contributed by atoms with Crippen LogP contribution in [0.1, 0.15) is 75.8 Å². The van der Waals surface area contributed by atoms with Crippen molar-refractivity contribution in [3.63, 3.8) is 0 Å². The second-order valence-corrected chi connectivity index (χ2v) is 11.1. The summed E-state index contributed by atoms with van der Waals surface area (Å²) in [4.78, 5) is 12.1. The van der Waals surface area contributed by atoms with E-state index in [0.717, 1.165) is 34.3 Å². The Hall–Kier alpha value is -2.02. The zero-order valence-electron chi connectivity index (χ0n) is 20.0. The Morgan fingerprint density at radius 2 is 1.71 bits per heavy atom. The van der Waals surface area contributed by atoms with Crippen molar-refractivity contribution in [3.8, 4) is 0 Å². The van der Waals surface area contributed by atoms with E-state index in [-0.39, 0.29) is 30.5 Å². The summed E-state index contributed by atoms with van der Waals surface area (Å²) in [6.07, 6.45) is -1.59. The first-order valence-corrected chi connectivity index (χ1v) is 12.6. The van der Waals surface area contributed by atoms with Crippen molar-refractivity contribution in [2.45, 2.75) is 88.8 Å². The largest absolute Gasteiger partial charge is 0.456 e. The van der Waals surface area contributed by atoms with Gasteiger partial charge in [0.1, 0.15) is 5.60 Å². The fourth-order valence-electron chi connectivity index (χ4n) is 7.70. The van der Waals surface area contributed by atoms with Crippen molar-refractivity contribution in [1.29, 1.82) is 0 Å². The number of ketones is 1. The lowest BCUT2D eigenvalue weighted by atomic mass is 9.50. The summed E-state index contributed by atoms with van der Waals surface area (Å²) < 4.78 is 70.7. The molecule has 1 aromatic carbocycles. The number of carbonyl (C=O) groups excluding carboxylic acids is 1. The first-order valence-electron chi connectivity index (χ1n) is 12.6. The lowest BCUT2D eigenvalue weighted by Gasteiger charge is -2.56. The normalized spacial score (nSPS) is 35.4. The third-order valence-electron chi connectivity index (χ3n) is 9.55. The lowest BCUT2D eigenvalue weighted by molar-refractivity contribution is -0.362. The molecule has 190 valence electrons. The third kappa shape index (κ3) is 3.40. The van der Waals surface area contributed by atoms with Crippen molar-refractivity contribution in [2.75, 3.05) is 0 Å². The molecule has 0 radical (unpaired) electrons. The molecule has 0 heterocycles.